The van der Waals surface area contributed by atoms with Crippen LogP contribution in [-0.4, -0.2) is 30.2 Å². The van der Waals surface area contributed by atoms with Crippen LogP contribution in [0.1, 0.15) is 51.6 Å². The summed E-state index contributed by atoms with van der Waals surface area (Å²) in [6, 6.07) is 8.71. The highest BCUT2D eigenvalue weighted by Crippen LogP contribution is 2.25. The molecule has 1 saturated heterocycles. The first-order chi connectivity index (χ1) is 10.5. The number of anilines is 1. The molecule has 4 heteroatoms. The molecule has 1 aromatic carbocycles. The average molecular weight is 304 g/mol. The summed E-state index contributed by atoms with van der Waals surface area (Å²) in [6.45, 7) is 7.49. The van der Waals surface area contributed by atoms with Gasteiger partial charge in [0, 0.05) is 37.3 Å². The zero-order valence-corrected chi connectivity index (χ0v) is 13.9. The van der Waals surface area contributed by atoms with Gasteiger partial charge in [-0.25, -0.2) is 0 Å². The van der Waals surface area contributed by atoms with Crippen molar-refractivity contribution >= 4 is 11.6 Å². The molecule has 2 N–H and O–H groups in total. The molecule has 2 atom stereocenters. The number of amides is 1. The number of carbonyl (C=O) groups excluding carboxylic acids is 1. The zero-order chi connectivity index (χ0) is 16.1. The van der Waals surface area contributed by atoms with Crippen LogP contribution in [-0.2, 0) is 4.79 Å². The Morgan fingerprint density at radius 1 is 1.32 bits per heavy atom. The van der Waals surface area contributed by atoms with Gasteiger partial charge in [-0.1, -0.05) is 26.0 Å². The molecular weight excluding hydrogens is 276 g/mol. The third kappa shape index (κ3) is 4.08. The lowest BCUT2D eigenvalue weighted by atomic mass is 9.98. The minimum absolute atomic E-state index is 0.191. The Balaban J connectivity index is 2.09. The zero-order valence-electron chi connectivity index (χ0n) is 13.9. The molecule has 0 spiro atoms. The topological polar surface area (TPSA) is 52.6 Å². The molecule has 1 aliphatic rings. The van der Waals surface area contributed by atoms with Gasteiger partial charge in [-0.3, -0.25) is 4.79 Å². The highest BCUT2D eigenvalue weighted by Gasteiger charge is 2.22. The second-order valence-electron chi connectivity index (χ2n) is 6.50. The predicted molar refractivity (Wildman–Crippen MR) is 89.9 cm³/mol. The molecule has 1 fully saturated rings. The minimum atomic E-state index is 0.191. The maximum Gasteiger partial charge on any atom is 0.227 e. The molecule has 122 valence electrons. The van der Waals surface area contributed by atoms with Crippen LogP contribution in [0.3, 0.4) is 0 Å². The Hall–Kier alpha value is -1.39. The van der Waals surface area contributed by atoms with Crippen LogP contribution in [0.15, 0.2) is 24.3 Å². The molecule has 1 aromatic rings. The molecule has 1 amide bonds. The molecule has 2 rings (SSSR count). The van der Waals surface area contributed by atoms with Crippen LogP contribution in [0.5, 0.6) is 0 Å². The number of nitrogens with one attached hydrogen (secondary N) is 1. The number of hydrogen-bond acceptors (Lipinski definition) is 3. The molecule has 0 saturated carbocycles. The van der Waals surface area contributed by atoms with E-state index in [4.69, 9.17) is 0 Å². The number of aliphatic hydroxyl groups excluding tert-OH is 1. The number of rotatable bonds is 7. The van der Waals surface area contributed by atoms with Gasteiger partial charge in [0.05, 0.1) is 0 Å². The largest absolute Gasteiger partial charge is 0.396 e. The Labute approximate surface area is 133 Å². The van der Waals surface area contributed by atoms with Crippen LogP contribution in [0.25, 0.3) is 0 Å². The second-order valence-corrected chi connectivity index (χ2v) is 6.50. The van der Waals surface area contributed by atoms with E-state index in [9.17, 15) is 9.90 Å². The van der Waals surface area contributed by atoms with Crippen molar-refractivity contribution in [3.05, 3.63) is 29.8 Å². The van der Waals surface area contributed by atoms with Crippen molar-refractivity contribution in [3.8, 4) is 0 Å². The van der Waals surface area contributed by atoms with Crippen LogP contribution >= 0.6 is 0 Å². The lowest BCUT2D eigenvalue weighted by Crippen LogP contribution is -2.36. The molecular formula is C18H28N2O2. The summed E-state index contributed by atoms with van der Waals surface area (Å²) in [5.74, 6) is 0.691. The number of aliphatic hydroxyl groups is 1. The van der Waals surface area contributed by atoms with Crippen molar-refractivity contribution in [2.45, 2.75) is 52.1 Å². The maximum atomic E-state index is 11.9. The fourth-order valence-electron chi connectivity index (χ4n) is 3.05. The van der Waals surface area contributed by atoms with Gasteiger partial charge in [0.1, 0.15) is 0 Å². The average Bonchev–Trinajstić information content (AvgIpc) is 2.93. The molecule has 2 unspecified atom stereocenters. The summed E-state index contributed by atoms with van der Waals surface area (Å²) >= 11 is 0. The summed E-state index contributed by atoms with van der Waals surface area (Å²) in [5, 5.41) is 12.8. The maximum absolute atomic E-state index is 11.9. The highest BCUT2D eigenvalue weighted by molar-refractivity contribution is 5.95. The van der Waals surface area contributed by atoms with Gasteiger partial charge in [-0.15, -0.1) is 0 Å². The number of benzene rings is 1. The SMILES string of the molecule is CC(NC(CCO)C(C)C)c1cccc(N2CCCC2=O)c1. The number of hydrogen-bond donors (Lipinski definition) is 2. The fraction of sp³-hybridized carbons (Fsp3) is 0.611. The van der Waals surface area contributed by atoms with E-state index in [2.05, 4.69) is 38.2 Å². The Morgan fingerprint density at radius 3 is 2.68 bits per heavy atom. The van der Waals surface area contributed by atoms with E-state index in [0.29, 0.717) is 12.3 Å². The molecule has 4 nitrogen and oxygen atoms in total. The van der Waals surface area contributed by atoms with E-state index in [1.807, 2.05) is 17.0 Å². The first-order valence-corrected chi connectivity index (χ1v) is 8.30. The molecule has 0 radical (unpaired) electrons. The third-order valence-corrected chi connectivity index (χ3v) is 4.46. The van der Waals surface area contributed by atoms with Crippen molar-refractivity contribution in [1.82, 2.24) is 5.32 Å². The molecule has 1 heterocycles. The Bertz CT molecular complexity index is 502. The smallest absolute Gasteiger partial charge is 0.227 e. The second kappa shape index (κ2) is 7.75. The van der Waals surface area contributed by atoms with E-state index in [1.54, 1.807) is 0 Å². The summed E-state index contributed by atoms with van der Waals surface area (Å²) in [6.07, 6.45) is 2.36. The van der Waals surface area contributed by atoms with Gasteiger partial charge < -0.3 is 15.3 Å². The van der Waals surface area contributed by atoms with Crippen molar-refractivity contribution < 1.29 is 9.90 Å². The molecule has 0 bridgehead atoms. The Kier molecular flexibility index (Phi) is 5.98. The van der Waals surface area contributed by atoms with Gasteiger partial charge in [0.25, 0.3) is 0 Å². The predicted octanol–water partition coefficient (Wildman–Crippen LogP) is 2.87. The van der Waals surface area contributed by atoms with Gasteiger partial charge in [-0.2, -0.15) is 0 Å². The van der Waals surface area contributed by atoms with Crippen LogP contribution < -0.4 is 10.2 Å². The van der Waals surface area contributed by atoms with E-state index in [1.165, 1.54) is 5.56 Å². The molecule has 22 heavy (non-hydrogen) atoms. The normalized spacial score (nSPS) is 18.0. The summed E-state index contributed by atoms with van der Waals surface area (Å²) in [4.78, 5) is 13.8. The Morgan fingerprint density at radius 2 is 2.09 bits per heavy atom. The van der Waals surface area contributed by atoms with Crippen LogP contribution in [0.2, 0.25) is 0 Å². The van der Waals surface area contributed by atoms with Gasteiger partial charge in [-0.05, 0) is 43.4 Å². The van der Waals surface area contributed by atoms with Crippen LogP contribution in [0.4, 0.5) is 5.69 Å². The summed E-state index contributed by atoms with van der Waals surface area (Å²) in [5.41, 5.74) is 2.18. The fourth-order valence-corrected chi connectivity index (χ4v) is 3.05. The molecule has 0 aliphatic carbocycles. The standard InChI is InChI=1S/C18H28N2O2/c1-13(2)17(9-11-21)19-14(3)15-6-4-7-16(12-15)20-10-5-8-18(20)22/h4,6-7,12-14,17,19,21H,5,8-11H2,1-3H3. The summed E-state index contributed by atoms with van der Waals surface area (Å²) in [7, 11) is 0. The van der Waals surface area contributed by atoms with Crippen molar-refractivity contribution in [2.75, 3.05) is 18.1 Å². The minimum Gasteiger partial charge on any atom is -0.396 e. The monoisotopic (exact) mass is 304 g/mol. The highest BCUT2D eigenvalue weighted by atomic mass is 16.3. The van der Waals surface area contributed by atoms with E-state index in [-0.39, 0.29) is 24.6 Å². The quantitative estimate of drug-likeness (QED) is 0.814. The number of nitrogens with zero attached hydrogens (tertiary/aromatic N) is 1. The van der Waals surface area contributed by atoms with Gasteiger partial charge >= 0.3 is 0 Å². The van der Waals surface area contributed by atoms with Gasteiger partial charge in [0.15, 0.2) is 0 Å². The lowest BCUT2D eigenvalue weighted by Gasteiger charge is -2.27. The van der Waals surface area contributed by atoms with E-state index < -0.39 is 0 Å². The summed E-state index contributed by atoms with van der Waals surface area (Å²) < 4.78 is 0. The van der Waals surface area contributed by atoms with E-state index in [0.717, 1.165) is 25.1 Å². The van der Waals surface area contributed by atoms with Crippen molar-refractivity contribution in [2.24, 2.45) is 5.92 Å². The third-order valence-electron chi connectivity index (χ3n) is 4.46. The first kappa shape index (κ1) is 17.0. The first-order valence-electron chi connectivity index (χ1n) is 8.30. The molecule has 1 aliphatic heterocycles. The molecule has 0 aromatic heterocycles. The number of carbonyl (C=O) groups is 1. The lowest BCUT2D eigenvalue weighted by molar-refractivity contribution is -0.117. The van der Waals surface area contributed by atoms with Gasteiger partial charge in [0.2, 0.25) is 5.91 Å². The van der Waals surface area contributed by atoms with E-state index >= 15 is 0 Å². The van der Waals surface area contributed by atoms with Crippen molar-refractivity contribution in [1.29, 1.82) is 0 Å². The van der Waals surface area contributed by atoms with Crippen molar-refractivity contribution in [3.63, 3.8) is 0 Å². The van der Waals surface area contributed by atoms with Crippen LogP contribution in [0, 0.1) is 5.92 Å².